The van der Waals surface area contributed by atoms with Crippen LogP contribution in [0, 0.1) is 0 Å². The molecule has 1 rings (SSSR count). The van der Waals surface area contributed by atoms with Crippen LogP contribution in [0.3, 0.4) is 0 Å². The minimum Gasteiger partial charge on any atom is -0.359 e. The highest BCUT2D eigenvalue weighted by Gasteiger charge is 2.18. The fourth-order valence-corrected chi connectivity index (χ4v) is 1.29. The molecule has 1 heterocycles. The molecule has 7 heteroatoms. The Bertz CT molecular complexity index is 287. The quantitative estimate of drug-likeness (QED) is 0.750. The van der Waals surface area contributed by atoms with E-state index >= 15 is 0 Å². The first kappa shape index (κ1) is 15.4. The Morgan fingerprint density at radius 1 is 1.38 bits per heavy atom. The first-order valence-electron chi connectivity index (χ1n) is 4.82. The van der Waals surface area contributed by atoms with Gasteiger partial charge < -0.3 is 14.7 Å². The van der Waals surface area contributed by atoms with E-state index in [0.29, 0.717) is 6.17 Å². The van der Waals surface area contributed by atoms with Gasteiger partial charge in [0.15, 0.2) is 0 Å². The van der Waals surface area contributed by atoms with E-state index < -0.39 is 7.82 Å². The molecule has 0 bridgehead atoms. The average molecular weight is 252 g/mol. The lowest BCUT2D eigenvalue weighted by Gasteiger charge is -2.24. The first-order valence-corrected chi connectivity index (χ1v) is 6.32. The first-order chi connectivity index (χ1) is 7.25. The van der Waals surface area contributed by atoms with E-state index in [4.69, 9.17) is 4.89 Å². The summed E-state index contributed by atoms with van der Waals surface area (Å²) in [7, 11) is 2.75. The van der Waals surface area contributed by atoms with Crippen LogP contribution in [0.2, 0.25) is 0 Å². The topological polar surface area (TPSA) is 62.2 Å². The van der Waals surface area contributed by atoms with Gasteiger partial charge >= 0.3 is 7.82 Å². The minimum atomic E-state index is -3.65. The van der Waals surface area contributed by atoms with Gasteiger partial charge in [0.2, 0.25) is 0 Å². The van der Waals surface area contributed by atoms with Crippen LogP contribution in [0.5, 0.6) is 0 Å². The third-order valence-electron chi connectivity index (χ3n) is 2.56. The van der Waals surface area contributed by atoms with E-state index in [1.54, 1.807) is 0 Å². The fraction of sp³-hybridized carbons (Fsp3) is 0.778. The van der Waals surface area contributed by atoms with Gasteiger partial charge in [-0.2, -0.15) is 0 Å². The van der Waals surface area contributed by atoms with Gasteiger partial charge in [-0.25, -0.2) is 4.57 Å². The van der Waals surface area contributed by atoms with Gasteiger partial charge in [0.25, 0.3) is 0 Å². The molecule has 0 aromatic heterocycles. The van der Waals surface area contributed by atoms with Crippen LogP contribution in [0.25, 0.3) is 0 Å². The highest BCUT2D eigenvalue weighted by Crippen LogP contribution is 2.40. The molecule has 1 N–H and O–H groups in total. The van der Waals surface area contributed by atoms with Gasteiger partial charge in [-0.1, -0.05) is 0 Å². The maximum absolute atomic E-state index is 10.1. The maximum atomic E-state index is 10.1. The molecule has 1 aliphatic rings. The monoisotopic (exact) mass is 252 g/mol. The Morgan fingerprint density at radius 2 is 1.81 bits per heavy atom. The van der Waals surface area contributed by atoms with Gasteiger partial charge in [0.05, 0.1) is 6.17 Å². The number of allylic oxidation sites excluding steroid dienone is 1. The summed E-state index contributed by atoms with van der Waals surface area (Å²) in [5.41, 5.74) is 1.34. The molecular weight excluding hydrogens is 231 g/mol. The summed E-state index contributed by atoms with van der Waals surface area (Å²) >= 11 is 0. The molecule has 0 aromatic rings. The van der Waals surface area contributed by atoms with Crippen molar-refractivity contribution >= 4 is 7.82 Å². The number of phosphoric acid groups is 1. The number of nitrogens with zero attached hydrogens (tertiary/aromatic N) is 2. The zero-order valence-corrected chi connectivity index (χ0v) is 11.6. The Hall–Kier alpha value is -0.550. The molecule has 0 spiro atoms. The van der Waals surface area contributed by atoms with E-state index in [-0.39, 0.29) is 0 Å². The normalized spacial score (nSPS) is 20.4. The van der Waals surface area contributed by atoms with Gasteiger partial charge in [-0.05, 0) is 13.8 Å². The molecule has 1 atom stereocenters. The molecule has 1 unspecified atom stereocenters. The maximum Gasteiger partial charge on any atom is 0.471 e. The third kappa shape index (κ3) is 4.53. The van der Waals surface area contributed by atoms with E-state index in [1.807, 2.05) is 0 Å². The highest BCUT2D eigenvalue weighted by molar-refractivity contribution is 7.47. The lowest BCUT2D eigenvalue weighted by Crippen LogP contribution is -2.31. The summed E-state index contributed by atoms with van der Waals surface area (Å²) in [6.45, 7) is 4.31. The van der Waals surface area contributed by atoms with Crippen LogP contribution in [0.15, 0.2) is 11.9 Å². The molecule has 0 aliphatic carbocycles. The Kier molecular flexibility index (Phi) is 6.04. The molecule has 0 saturated carbocycles. The molecular formula is C9H21N2O4P. The van der Waals surface area contributed by atoms with Gasteiger partial charge in [0, 0.05) is 40.2 Å². The van der Waals surface area contributed by atoms with E-state index in [2.05, 4.69) is 53.0 Å². The zero-order chi connectivity index (χ0) is 12.9. The van der Waals surface area contributed by atoms with E-state index in [0.717, 1.165) is 14.2 Å². The van der Waals surface area contributed by atoms with Crippen molar-refractivity contribution in [2.24, 2.45) is 0 Å². The lowest BCUT2D eigenvalue weighted by atomic mass is 10.5. The molecule has 0 saturated heterocycles. The van der Waals surface area contributed by atoms with Crippen molar-refractivity contribution in [1.82, 2.24) is 9.80 Å². The van der Waals surface area contributed by atoms with Crippen molar-refractivity contribution in [2.45, 2.75) is 20.0 Å². The standard InChI is InChI=1S/C7H14N2.C2H7O4P/c1-6-5-8(3)7(2)9(6)4;1-5-7(3,4)6-2/h5,7H,1-4H3;1-2H3,(H,3,4). The van der Waals surface area contributed by atoms with E-state index in [9.17, 15) is 4.57 Å². The fourth-order valence-electron chi connectivity index (χ4n) is 1.14. The summed E-state index contributed by atoms with van der Waals surface area (Å²) in [5.74, 6) is 0. The lowest BCUT2D eigenvalue weighted by molar-refractivity contribution is 0.204. The van der Waals surface area contributed by atoms with Crippen molar-refractivity contribution in [2.75, 3.05) is 28.3 Å². The van der Waals surface area contributed by atoms with Gasteiger partial charge in [-0.3, -0.25) is 9.05 Å². The van der Waals surface area contributed by atoms with Gasteiger partial charge in [-0.15, -0.1) is 0 Å². The van der Waals surface area contributed by atoms with Crippen LogP contribution in [-0.4, -0.2) is 49.2 Å². The molecule has 96 valence electrons. The number of phosphoric ester groups is 1. The van der Waals surface area contributed by atoms with Crippen molar-refractivity contribution < 1.29 is 18.5 Å². The van der Waals surface area contributed by atoms with Crippen molar-refractivity contribution in [3.63, 3.8) is 0 Å². The van der Waals surface area contributed by atoms with Crippen LogP contribution >= 0.6 is 7.82 Å². The molecule has 1 aliphatic heterocycles. The molecule has 0 aromatic carbocycles. The third-order valence-corrected chi connectivity index (χ3v) is 3.48. The van der Waals surface area contributed by atoms with Crippen molar-refractivity contribution in [1.29, 1.82) is 0 Å². The second-order valence-corrected chi connectivity index (χ2v) is 5.18. The number of hydrogen-bond donors (Lipinski definition) is 1. The molecule has 6 nitrogen and oxygen atoms in total. The predicted molar refractivity (Wildman–Crippen MR) is 62.6 cm³/mol. The summed E-state index contributed by atoms with van der Waals surface area (Å²) in [6, 6.07) is 0. The molecule has 16 heavy (non-hydrogen) atoms. The van der Waals surface area contributed by atoms with Crippen LogP contribution in [0.4, 0.5) is 0 Å². The predicted octanol–water partition coefficient (Wildman–Crippen LogP) is 1.45. The second kappa shape index (κ2) is 6.25. The van der Waals surface area contributed by atoms with Crippen LogP contribution in [-0.2, 0) is 13.6 Å². The largest absolute Gasteiger partial charge is 0.471 e. The molecule has 0 fully saturated rings. The summed E-state index contributed by atoms with van der Waals surface area (Å²) < 4.78 is 18.0. The number of hydrogen-bond acceptors (Lipinski definition) is 5. The smallest absolute Gasteiger partial charge is 0.359 e. The Morgan fingerprint density at radius 3 is 1.88 bits per heavy atom. The summed E-state index contributed by atoms with van der Waals surface area (Å²) in [6.07, 6.45) is 2.69. The average Bonchev–Trinajstić information content (AvgIpc) is 2.47. The minimum absolute atomic E-state index is 0.532. The summed E-state index contributed by atoms with van der Waals surface area (Å²) in [4.78, 5) is 12.7. The Labute approximate surface area is 97.1 Å². The Balaban J connectivity index is 0.000000293. The SMILES string of the molecule is CC1=CN(C)C(C)N1C.COP(=O)(O)OC. The highest BCUT2D eigenvalue weighted by atomic mass is 31.2. The summed E-state index contributed by atoms with van der Waals surface area (Å²) in [5, 5.41) is 0. The van der Waals surface area contributed by atoms with Crippen molar-refractivity contribution in [3.05, 3.63) is 11.9 Å². The number of rotatable bonds is 2. The van der Waals surface area contributed by atoms with Crippen molar-refractivity contribution in [3.8, 4) is 0 Å². The zero-order valence-electron chi connectivity index (χ0n) is 10.7. The molecule has 0 radical (unpaired) electrons. The molecule has 0 amide bonds. The van der Waals surface area contributed by atoms with Crippen LogP contribution in [0.1, 0.15) is 13.8 Å². The van der Waals surface area contributed by atoms with Crippen LogP contribution < -0.4 is 0 Å². The van der Waals surface area contributed by atoms with E-state index in [1.165, 1.54) is 5.70 Å². The van der Waals surface area contributed by atoms with Gasteiger partial charge in [0.1, 0.15) is 0 Å². The second-order valence-electron chi connectivity index (χ2n) is 3.51.